The van der Waals surface area contributed by atoms with Gasteiger partial charge in [0.15, 0.2) is 0 Å². The van der Waals surface area contributed by atoms with Crippen LogP contribution < -0.4 is 0 Å². The molecule has 2 N–H and O–H groups in total. The highest BCUT2D eigenvalue weighted by atomic mass is 16.6. The van der Waals surface area contributed by atoms with Gasteiger partial charge in [0, 0.05) is 0 Å². The van der Waals surface area contributed by atoms with Crippen LogP contribution in [0.25, 0.3) is 0 Å². The second-order valence-electron chi connectivity index (χ2n) is 1.13. The van der Waals surface area contributed by atoms with Gasteiger partial charge in [0.25, 0.3) is 6.29 Å². The lowest BCUT2D eigenvalue weighted by molar-refractivity contribution is -0.172. The zero-order valence-electron chi connectivity index (χ0n) is 4.50. The quantitative estimate of drug-likeness (QED) is 0.357. The minimum absolute atomic E-state index is 0.163. The smallest absolute Gasteiger partial charge is 0.363 e. The molecule has 0 aromatic heterocycles. The molecule has 0 radical (unpaired) electrons. The van der Waals surface area contributed by atoms with E-state index < -0.39 is 12.3 Å². The molecule has 4 heteroatoms. The van der Waals surface area contributed by atoms with Crippen molar-refractivity contribution in [2.45, 2.75) is 13.2 Å². The summed E-state index contributed by atoms with van der Waals surface area (Å²) in [7, 11) is 0. The van der Waals surface area contributed by atoms with Crippen LogP contribution in [0.2, 0.25) is 0 Å². The van der Waals surface area contributed by atoms with Crippen LogP contribution in [0.15, 0.2) is 0 Å². The monoisotopic (exact) mass is 120 g/mol. The van der Waals surface area contributed by atoms with E-state index in [-0.39, 0.29) is 6.61 Å². The number of carbonyl (C=O) groups is 1. The topological polar surface area (TPSA) is 66.8 Å². The van der Waals surface area contributed by atoms with Crippen LogP contribution in [0.3, 0.4) is 0 Å². The molecule has 0 aliphatic heterocycles. The summed E-state index contributed by atoms with van der Waals surface area (Å²) in [6, 6.07) is 0. The van der Waals surface area contributed by atoms with Crippen molar-refractivity contribution in [2.75, 3.05) is 6.61 Å². The van der Waals surface area contributed by atoms with Crippen LogP contribution in [0, 0.1) is 0 Å². The third-order valence-corrected chi connectivity index (χ3v) is 0.497. The van der Waals surface area contributed by atoms with Crippen LogP contribution in [-0.2, 0) is 9.53 Å². The van der Waals surface area contributed by atoms with Gasteiger partial charge in [-0.2, -0.15) is 0 Å². The Kier molecular flexibility index (Phi) is 3.14. The molecule has 0 saturated carbocycles. The van der Waals surface area contributed by atoms with Gasteiger partial charge in [-0.3, -0.25) is 0 Å². The van der Waals surface area contributed by atoms with Crippen molar-refractivity contribution >= 4 is 5.97 Å². The maximum atomic E-state index is 10.0. The molecule has 0 spiro atoms. The molecule has 8 heavy (non-hydrogen) atoms. The first-order valence-electron chi connectivity index (χ1n) is 2.21. The second kappa shape index (κ2) is 3.40. The fourth-order valence-electron chi connectivity index (χ4n) is 0.217. The Morgan fingerprint density at radius 1 is 1.75 bits per heavy atom. The fraction of sp³-hybridized carbons (Fsp3) is 0.750. The molecule has 4 nitrogen and oxygen atoms in total. The summed E-state index contributed by atoms with van der Waals surface area (Å²) in [5.74, 6) is -1.01. The van der Waals surface area contributed by atoms with Crippen LogP contribution in [-0.4, -0.2) is 29.1 Å². The summed E-state index contributed by atoms with van der Waals surface area (Å²) >= 11 is 0. The first-order valence-corrected chi connectivity index (χ1v) is 2.21. The number of ether oxygens (including phenoxy) is 1. The molecule has 0 aromatic carbocycles. The van der Waals surface area contributed by atoms with E-state index >= 15 is 0 Å². The average molecular weight is 120 g/mol. The van der Waals surface area contributed by atoms with E-state index in [9.17, 15) is 4.79 Å². The van der Waals surface area contributed by atoms with E-state index in [2.05, 4.69) is 4.74 Å². The highest BCUT2D eigenvalue weighted by Crippen LogP contribution is 1.80. The number of aliphatic hydroxyl groups is 2. The largest absolute Gasteiger partial charge is 0.462 e. The van der Waals surface area contributed by atoms with Crippen LogP contribution in [0.4, 0.5) is 0 Å². The molecular weight excluding hydrogens is 112 g/mol. The summed E-state index contributed by atoms with van der Waals surface area (Å²) in [5.41, 5.74) is 0. The Bertz CT molecular complexity index is 78.1. The molecule has 0 fully saturated rings. The van der Waals surface area contributed by atoms with Crippen molar-refractivity contribution in [3.8, 4) is 0 Å². The molecule has 48 valence electrons. The van der Waals surface area contributed by atoms with Crippen molar-refractivity contribution in [3.05, 3.63) is 0 Å². The maximum absolute atomic E-state index is 10.0. The maximum Gasteiger partial charge on any atom is 0.363 e. The van der Waals surface area contributed by atoms with Crippen LogP contribution in [0.1, 0.15) is 6.92 Å². The fourth-order valence-corrected chi connectivity index (χ4v) is 0.217. The van der Waals surface area contributed by atoms with Gasteiger partial charge in [0.2, 0.25) is 0 Å². The highest BCUT2D eigenvalue weighted by Gasteiger charge is 2.09. The van der Waals surface area contributed by atoms with Crippen molar-refractivity contribution in [1.29, 1.82) is 0 Å². The Hall–Kier alpha value is -0.610. The first-order chi connectivity index (χ1) is 3.68. The Morgan fingerprint density at radius 3 is 2.38 bits per heavy atom. The standard InChI is InChI=1S/C4H8O4/c1-2-8-4(7)3(5)6/h3,5-6H,2H2,1H3. The average Bonchev–Trinajstić information content (AvgIpc) is 1.67. The Labute approximate surface area is 46.7 Å². The zero-order chi connectivity index (χ0) is 6.57. The lowest BCUT2D eigenvalue weighted by Crippen LogP contribution is -2.21. The highest BCUT2D eigenvalue weighted by molar-refractivity contribution is 5.72. The van der Waals surface area contributed by atoms with Gasteiger partial charge in [-0.1, -0.05) is 0 Å². The SMILES string of the molecule is CCOC(=O)C(O)O. The minimum atomic E-state index is -1.99. The summed E-state index contributed by atoms with van der Waals surface area (Å²) in [6.45, 7) is 1.75. The van der Waals surface area contributed by atoms with Crippen molar-refractivity contribution in [1.82, 2.24) is 0 Å². The van der Waals surface area contributed by atoms with E-state index in [1.54, 1.807) is 6.92 Å². The van der Waals surface area contributed by atoms with Gasteiger partial charge in [0.1, 0.15) is 0 Å². The lowest BCUT2D eigenvalue weighted by Gasteiger charge is -2.00. The number of rotatable bonds is 2. The minimum Gasteiger partial charge on any atom is -0.462 e. The summed E-state index contributed by atoms with van der Waals surface area (Å²) < 4.78 is 4.16. The molecule has 0 atom stereocenters. The predicted octanol–water partition coefficient (Wildman–Crippen LogP) is -1.14. The number of esters is 1. The van der Waals surface area contributed by atoms with Crippen LogP contribution >= 0.6 is 0 Å². The predicted molar refractivity (Wildman–Crippen MR) is 24.9 cm³/mol. The molecule has 0 rings (SSSR count). The Morgan fingerprint density at radius 2 is 2.25 bits per heavy atom. The second-order valence-corrected chi connectivity index (χ2v) is 1.13. The van der Waals surface area contributed by atoms with Gasteiger partial charge in [0.05, 0.1) is 6.61 Å². The molecule has 0 heterocycles. The molecule has 0 aliphatic rings. The van der Waals surface area contributed by atoms with Gasteiger partial charge in [-0.25, -0.2) is 4.79 Å². The molecule has 0 saturated heterocycles. The van der Waals surface area contributed by atoms with E-state index in [1.807, 2.05) is 0 Å². The lowest BCUT2D eigenvalue weighted by atomic mass is 10.6. The molecular formula is C4H8O4. The van der Waals surface area contributed by atoms with Gasteiger partial charge < -0.3 is 14.9 Å². The molecule has 0 amide bonds. The summed E-state index contributed by atoms with van der Waals surface area (Å²) in [5, 5.41) is 16.1. The van der Waals surface area contributed by atoms with Gasteiger partial charge >= 0.3 is 5.97 Å². The molecule has 0 aromatic rings. The summed E-state index contributed by atoms with van der Waals surface area (Å²) in [4.78, 5) is 10.0. The number of carbonyl (C=O) groups excluding carboxylic acids is 1. The third-order valence-electron chi connectivity index (χ3n) is 0.497. The number of hydrogen-bond acceptors (Lipinski definition) is 4. The normalized spacial score (nSPS) is 9.50. The number of aliphatic hydroxyl groups excluding tert-OH is 1. The third kappa shape index (κ3) is 2.54. The zero-order valence-corrected chi connectivity index (χ0v) is 4.50. The van der Waals surface area contributed by atoms with Gasteiger partial charge in [-0.05, 0) is 6.92 Å². The van der Waals surface area contributed by atoms with E-state index in [1.165, 1.54) is 0 Å². The van der Waals surface area contributed by atoms with Crippen LogP contribution in [0.5, 0.6) is 0 Å². The first kappa shape index (κ1) is 7.39. The van der Waals surface area contributed by atoms with E-state index in [4.69, 9.17) is 10.2 Å². The molecule has 0 aliphatic carbocycles. The van der Waals surface area contributed by atoms with Crippen molar-refractivity contribution < 1.29 is 19.7 Å². The van der Waals surface area contributed by atoms with Crippen molar-refractivity contribution in [2.24, 2.45) is 0 Å². The van der Waals surface area contributed by atoms with Crippen molar-refractivity contribution in [3.63, 3.8) is 0 Å². The summed E-state index contributed by atoms with van der Waals surface area (Å²) in [6.07, 6.45) is -1.99. The molecule has 0 unspecified atom stereocenters. The number of hydrogen-bond donors (Lipinski definition) is 2. The molecule has 0 bridgehead atoms. The Balaban J connectivity index is 3.33. The van der Waals surface area contributed by atoms with E-state index in [0.717, 1.165) is 0 Å². The van der Waals surface area contributed by atoms with E-state index in [0.29, 0.717) is 0 Å². The van der Waals surface area contributed by atoms with Gasteiger partial charge in [-0.15, -0.1) is 0 Å².